The number of para-hydroxylation sites is 1. The molecule has 1 amide bonds. The normalized spacial score (nSPS) is 11.1. The highest BCUT2D eigenvalue weighted by atomic mass is 32.2. The van der Waals surface area contributed by atoms with Crippen LogP contribution >= 0.6 is 11.8 Å². The second-order valence-corrected chi connectivity index (χ2v) is 7.28. The maximum absolute atomic E-state index is 12.8. The molecule has 4 rings (SSSR count). The number of rotatable bonds is 6. The Kier molecular flexibility index (Phi) is 5.18. The molecule has 0 atom stereocenters. The molecule has 28 heavy (non-hydrogen) atoms. The van der Waals surface area contributed by atoms with Gasteiger partial charge < -0.3 is 19.0 Å². The molecule has 0 radical (unpaired) electrons. The molecule has 0 aliphatic carbocycles. The van der Waals surface area contributed by atoms with Gasteiger partial charge in [0.25, 0.3) is 5.91 Å². The molecule has 0 fully saturated rings. The molecule has 2 heterocycles. The summed E-state index contributed by atoms with van der Waals surface area (Å²) in [6.07, 6.45) is 3.67. The Morgan fingerprint density at radius 2 is 2.00 bits per heavy atom. The molecule has 6 nitrogen and oxygen atoms in total. The number of ether oxygens (including phenoxy) is 1. The Morgan fingerprint density at radius 3 is 2.71 bits per heavy atom. The number of methoxy groups -OCH3 is 1. The van der Waals surface area contributed by atoms with Crippen molar-refractivity contribution >= 4 is 34.3 Å². The molecule has 0 aliphatic rings. The van der Waals surface area contributed by atoms with Crippen LogP contribution in [0.3, 0.4) is 0 Å². The van der Waals surface area contributed by atoms with Gasteiger partial charge in [0.05, 0.1) is 6.61 Å². The number of aromatic nitrogens is 2. The van der Waals surface area contributed by atoms with Gasteiger partial charge in [-0.1, -0.05) is 30.0 Å². The Bertz CT molecular complexity index is 1120. The van der Waals surface area contributed by atoms with Gasteiger partial charge in [0.2, 0.25) is 0 Å². The summed E-state index contributed by atoms with van der Waals surface area (Å²) < 4.78 is 13.0. The number of carbonyl (C=O) groups excluding carboxylic acids is 1. The fourth-order valence-corrected chi connectivity index (χ4v) is 3.72. The van der Waals surface area contributed by atoms with E-state index in [1.807, 2.05) is 66.3 Å². The van der Waals surface area contributed by atoms with E-state index in [1.54, 1.807) is 25.1 Å². The van der Waals surface area contributed by atoms with E-state index in [-0.39, 0.29) is 11.7 Å². The smallest absolute Gasteiger partial charge is 0.291 e. The Labute approximate surface area is 166 Å². The molecule has 2 aromatic heterocycles. The van der Waals surface area contributed by atoms with Crippen LogP contribution < -0.4 is 5.32 Å². The lowest BCUT2D eigenvalue weighted by Crippen LogP contribution is -2.13. The predicted molar refractivity (Wildman–Crippen MR) is 109 cm³/mol. The van der Waals surface area contributed by atoms with Crippen molar-refractivity contribution in [2.75, 3.05) is 12.4 Å². The second kappa shape index (κ2) is 7.92. The van der Waals surface area contributed by atoms with Crippen molar-refractivity contribution in [3.63, 3.8) is 0 Å². The molecular weight excluding hydrogens is 374 g/mol. The molecule has 0 spiro atoms. The van der Waals surface area contributed by atoms with E-state index in [4.69, 9.17) is 9.15 Å². The van der Waals surface area contributed by atoms with E-state index in [1.165, 1.54) is 0 Å². The zero-order chi connectivity index (χ0) is 19.5. The first kappa shape index (κ1) is 18.3. The van der Waals surface area contributed by atoms with Crippen molar-refractivity contribution in [2.24, 2.45) is 7.05 Å². The maximum atomic E-state index is 12.8. The Morgan fingerprint density at radius 1 is 1.21 bits per heavy atom. The minimum Gasteiger partial charge on any atom is -0.451 e. The van der Waals surface area contributed by atoms with Crippen molar-refractivity contribution in [3.05, 3.63) is 72.2 Å². The summed E-state index contributed by atoms with van der Waals surface area (Å²) in [7, 11) is 3.55. The topological polar surface area (TPSA) is 69.3 Å². The van der Waals surface area contributed by atoms with Crippen LogP contribution in [-0.4, -0.2) is 22.6 Å². The second-order valence-electron chi connectivity index (χ2n) is 6.24. The first-order valence-electron chi connectivity index (χ1n) is 8.71. The SMILES string of the molecule is COCc1c(C(=O)Nc2ccc(Sc3nccn3C)cc2)oc2ccccc12. The van der Waals surface area contributed by atoms with Crippen LogP contribution in [0.1, 0.15) is 16.1 Å². The summed E-state index contributed by atoms with van der Waals surface area (Å²) in [6.45, 7) is 0.305. The summed E-state index contributed by atoms with van der Waals surface area (Å²) in [6, 6.07) is 15.2. The summed E-state index contributed by atoms with van der Waals surface area (Å²) in [5, 5.41) is 4.69. The van der Waals surface area contributed by atoms with Crippen LogP contribution in [0.15, 0.2) is 75.4 Å². The zero-order valence-corrected chi connectivity index (χ0v) is 16.3. The average molecular weight is 393 g/mol. The first-order chi connectivity index (χ1) is 13.7. The number of carbonyl (C=O) groups is 1. The molecule has 4 aromatic rings. The quantitative estimate of drug-likeness (QED) is 0.513. The number of nitrogens with zero attached hydrogens (tertiary/aromatic N) is 2. The Hall–Kier alpha value is -3.03. The van der Waals surface area contributed by atoms with E-state index < -0.39 is 0 Å². The third-order valence-corrected chi connectivity index (χ3v) is 5.38. The fraction of sp³-hybridized carbons (Fsp3) is 0.143. The number of amides is 1. The standard InChI is InChI=1S/C21H19N3O3S/c1-24-12-11-22-21(24)28-15-9-7-14(8-10-15)23-20(25)19-17(13-26-2)16-5-3-4-6-18(16)27-19/h3-12H,13H2,1-2H3,(H,23,25). The number of benzene rings is 2. The highest BCUT2D eigenvalue weighted by Gasteiger charge is 2.20. The third-order valence-electron chi connectivity index (χ3n) is 4.29. The van der Waals surface area contributed by atoms with Crippen LogP contribution in [0.5, 0.6) is 0 Å². The van der Waals surface area contributed by atoms with Crippen LogP contribution in [0.25, 0.3) is 11.0 Å². The molecular formula is C21H19N3O3S. The van der Waals surface area contributed by atoms with Gasteiger partial charge in [-0.05, 0) is 30.3 Å². The van der Waals surface area contributed by atoms with Crippen LogP contribution in [0.2, 0.25) is 0 Å². The summed E-state index contributed by atoms with van der Waals surface area (Å²) >= 11 is 1.56. The van der Waals surface area contributed by atoms with E-state index in [0.29, 0.717) is 17.9 Å². The molecule has 7 heteroatoms. The molecule has 0 saturated carbocycles. The van der Waals surface area contributed by atoms with Gasteiger partial charge in [-0.15, -0.1) is 0 Å². The number of nitrogens with one attached hydrogen (secondary N) is 1. The van der Waals surface area contributed by atoms with Gasteiger partial charge in [-0.25, -0.2) is 4.98 Å². The molecule has 142 valence electrons. The average Bonchev–Trinajstić information content (AvgIpc) is 3.28. The van der Waals surface area contributed by atoms with Gasteiger partial charge in [-0.3, -0.25) is 4.79 Å². The van der Waals surface area contributed by atoms with Crippen molar-refractivity contribution < 1.29 is 13.9 Å². The zero-order valence-electron chi connectivity index (χ0n) is 15.5. The van der Waals surface area contributed by atoms with E-state index in [2.05, 4.69) is 10.3 Å². The van der Waals surface area contributed by atoms with Crippen molar-refractivity contribution in [2.45, 2.75) is 16.7 Å². The predicted octanol–water partition coefficient (Wildman–Crippen LogP) is 4.72. The highest BCUT2D eigenvalue weighted by Crippen LogP contribution is 2.29. The summed E-state index contributed by atoms with van der Waals surface area (Å²) in [5.41, 5.74) is 2.11. The van der Waals surface area contributed by atoms with Gasteiger partial charge in [-0.2, -0.15) is 0 Å². The number of fused-ring (bicyclic) bond motifs is 1. The van der Waals surface area contributed by atoms with E-state index >= 15 is 0 Å². The van der Waals surface area contributed by atoms with Crippen molar-refractivity contribution in [1.82, 2.24) is 9.55 Å². The third kappa shape index (κ3) is 3.67. The monoisotopic (exact) mass is 393 g/mol. The first-order valence-corrected chi connectivity index (χ1v) is 9.53. The minimum absolute atomic E-state index is 0.273. The fourth-order valence-electron chi connectivity index (χ4n) is 2.92. The number of hydrogen-bond acceptors (Lipinski definition) is 5. The van der Waals surface area contributed by atoms with Crippen molar-refractivity contribution in [1.29, 1.82) is 0 Å². The van der Waals surface area contributed by atoms with Gasteiger partial charge in [0.15, 0.2) is 10.9 Å². The van der Waals surface area contributed by atoms with Crippen LogP contribution in [0.4, 0.5) is 5.69 Å². The lowest BCUT2D eigenvalue weighted by atomic mass is 10.1. The molecule has 0 unspecified atom stereocenters. The molecule has 1 N–H and O–H groups in total. The largest absolute Gasteiger partial charge is 0.451 e. The van der Waals surface area contributed by atoms with Gasteiger partial charge >= 0.3 is 0 Å². The van der Waals surface area contributed by atoms with E-state index in [9.17, 15) is 4.79 Å². The molecule has 2 aromatic carbocycles. The van der Waals surface area contributed by atoms with E-state index in [0.717, 1.165) is 21.0 Å². The van der Waals surface area contributed by atoms with Crippen LogP contribution in [0, 0.1) is 0 Å². The Balaban J connectivity index is 1.53. The number of hydrogen-bond donors (Lipinski definition) is 1. The number of furan rings is 1. The molecule has 0 saturated heterocycles. The minimum atomic E-state index is -0.298. The lowest BCUT2D eigenvalue weighted by molar-refractivity contribution is 0.0992. The van der Waals surface area contributed by atoms with Gasteiger partial charge in [0.1, 0.15) is 5.58 Å². The number of anilines is 1. The van der Waals surface area contributed by atoms with Crippen molar-refractivity contribution in [3.8, 4) is 0 Å². The number of aryl methyl sites for hydroxylation is 1. The van der Waals surface area contributed by atoms with Crippen LogP contribution in [-0.2, 0) is 18.4 Å². The van der Waals surface area contributed by atoms with Gasteiger partial charge in [0, 0.05) is 48.1 Å². The summed E-state index contributed by atoms with van der Waals surface area (Å²) in [5.74, 6) is -0.0257. The number of imidazole rings is 1. The molecule has 0 bridgehead atoms. The lowest BCUT2D eigenvalue weighted by Gasteiger charge is -2.07. The maximum Gasteiger partial charge on any atom is 0.291 e. The summed E-state index contributed by atoms with van der Waals surface area (Å²) in [4.78, 5) is 18.1. The molecule has 0 aliphatic heterocycles. The highest BCUT2D eigenvalue weighted by molar-refractivity contribution is 7.99.